The molecule has 4 rings (SSSR count). The molecule has 21 heavy (non-hydrogen) atoms. The number of anilines is 1. The molecule has 0 unspecified atom stereocenters. The molecule has 0 aliphatic carbocycles. The summed E-state index contributed by atoms with van der Waals surface area (Å²) in [7, 11) is 0. The Morgan fingerprint density at radius 3 is 2.38 bits per heavy atom. The topological polar surface area (TPSA) is 49.3 Å². The van der Waals surface area contributed by atoms with E-state index in [0.717, 1.165) is 38.0 Å². The highest BCUT2D eigenvalue weighted by molar-refractivity contribution is 6.27. The minimum atomic E-state index is -0.103. The average Bonchev–Trinajstić information content (AvgIpc) is 2.46. The number of benzene rings is 4. The number of phenols is 1. The van der Waals surface area contributed by atoms with E-state index in [1.807, 2.05) is 42.5 Å². The van der Waals surface area contributed by atoms with E-state index in [2.05, 4.69) is 5.32 Å². The summed E-state index contributed by atoms with van der Waals surface area (Å²) in [5.74, 6) is 0.162. The molecule has 0 radical (unpaired) electrons. The van der Waals surface area contributed by atoms with Gasteiger partial charge in [-0.3, -0.25) is 4.79 Å². The number of nitrogens with one attached hydrogen (secondary N) is 1. The zero-order valence-corrected chi connectivity index (χ0v) is 11.5. The number of carbonyl (C=O) groups excluding carboxylic acids is 1. The minimum Gasteiger partial charge on any atom is -0.507 e. The van der Waals surface area contributed by atoms with Crippen LogP contribution in [0, 0.1) is 0 Å². The first-order valence-electron chi connectivity index (χ1n) is 6.82. The Labute approximate surface area is 121 Å². The van der Waals surface area contributed by atoms with Gasteiger partial charge in [0, 0.05) is 28.8 Å². The Kier molecular flexibility index (Phi) is 2.33. The maximum atomic E-state index is 11.5. The largest absolute Gasteiger partial charge is 0.507 e. The number of amides is 1. The van der Waals surface area contributed by atoms with E-state index in [1.165, 1.54) is 6.92 Å². The zero-order valence-electron chi connectivity index (χ0n) is 11.5. The van der Waals surface area contributed by atoms with E-state index in [-0.39, 0.29) is 11.7 Å². The molecule has 0 fully saturated rings. The van der Waals surface area contributed by atoms with Gasteiger partial charge < -0.3 is 10.4 Å². The van der Waals surface area contributed by atoms with Crippen LogP contribution in [0.5, 0.6) is 5.75 Å². The number of phenolic OH excluding ortho intramolecular Hbond substituents is 1. The van der Waals surface area contributed by atoms with Crippen LogP contribution in [0.2, 0.25) is 0 Å². The molecule has 1 amide bonds. The molecule has 3 nitrogen and oxygen atoms in total. The second-order valence-corrected chi connectivity index (χ2v) is 5.31. The summed E-state index contributed by atoms with van der Waals surface area (Å²) in [5.41, 5.74) is 0.777. The molecule has 0 saturated heterocycles. The Balaban J connectivity index is 2.30. The lowest BCUT2D eigenvalue weighted by atomic mass is 9.92. The van der Waals surface area contributed by atoms with Crippen LogP contribution in [-0.4, -0.2) is 11.0 Å². The second kappa shape index (κ2) is 4.09. The standard InChI is InChI=1S/C18H13NO2/c1-10(20)19-15-8-11-4-2-5-12-9-16(21)14-7-3-6-13(15)18(14)17(11)12/h2-9,21H,1H3,(H,19,20). The molecule has 4 aromatic carbocycles. The lowest BCUT2D eigenvalue weighted by Crippen LogP contribution is -2.06. The van der Waals surface area contributed by atoms with Crippen molar-refractivity contribution in [1.82, 2.24) is 0 Å². The van der Waals surface area contributed by atoms with Crippen molar-refractivity contribution in [1.29, 1.82) is 0 Å². The van der Waals surface area contributed by atoms with Crippen molar-refractivity contribution in [2.75, 3.05) is 5.32 Å². The van der Waals surface area contributed by atoms with Crippen LogP contribution in [0.4, 0.5) is 5.69 Å². The molecule has 4 aromatic rings. The Bertz CT molecular complexity index is 1000. The van der Waals surface area contributed by atoms with Gasteiger partial charge >= 0.3 is 0 Å². The normalized spacial score (nSPS) is 11.5. The lowest BCUT2D eigenvalue weighted by molar-refractivity contribution is -0.114. The molecule has 0 aromatic heterocycles. The van der Waals surface area contributed by atoms with Crippen LogP contribution < -0.4 is 5.32 Å². The van der Waals surface area contributed by atoms with Crippen LogP contribution in [-0.2, 0) is 4.79 Å². The summed E-state index contributed by atoms with van der Waals surface area (Å²) < 4.78 is 0. The first-order valence-corrected chi connectivity index (χ1v) is 6.82. The SMILES string of the molecule is CC(=O)Nc1cc2cccc3cc(O)c4cccc1c4c32. The van der Waals surface area contributed by atoms with Crippen LogP contribution >= 0.6 is 0 Å². The van der Waals surface area contributed by atoms with Gasteiger partial charge in [-0.25, -0.2) is 0 Å². The fraction of sp³-hybridized carbons (Fsp3) is 0.0556. The maximum absolute atomic E-state index is 11.5. The molecular formula is C18H13NO2. The van der Waals surface area contributed by atoms with Crippen LogP contribution in [0.15, 0.2) is 48.5 Å². The van der Waals surface area contributed by atoms with Crippen molar-refractivity contribution in [2.45, 2.75) is 6.92 Å². The number of hydrogen-bond acceptors (Lipinski definition) is 2. The second-order valence-electron chi connectivity index (χ2n) is 5.31. The number of rotatable bonds is 1. The summed E-state index contributed by atoms with van der Waals surface area (Å²) in [6.07, 6.45) is 0. The van der Waals surface area contributed by atoms with Crippen LogP contribution in [0.3, 0.4) is 0 Å². The molecule has 0 heterocycles. The molecule has 102 valence electrons. The highest BCUT2D eigenvalue weighted by atomic mass is 16.3. The number of carbonyl (C=O) groups is 1. The summed E-state index contributed by atoms with van der Waals surface area (Å²) in [4.78, 5) is 11.5. The first-order chi connectivity index (χ1) is 10.1. The summed E-state index contributed by atoms with van der Waals surface area (Å²) in [6.45, 7) is 1.50. The summed E-state index contributed by atoms with van der Waals surface area (Å²) in [6, 6.07) is 15.5. The van der Waals surface area contributed by atoms with Crippen molar-refractivity contribution < 1.29 is 9.90 Å². The Morgan fingerprint density at radius 1 is 0.952 bits per heavy atom. The van der Waals surface area contributed by atoms with Gasteiger partial charge in [-0.05, 0) is 28.3 Å². The van der Waals surface area contributed by atoms with Gasteiger partial charge in [-0.15, -0.1) is 0 Å². The molecule has 0 aliphatic heterocycles. The van der Waals surface area contributed by atoms with Crippen LogP contribution in [0.1, 0.15) is 6.92 Å². The fourth-order valence-electron chi connectivity index (χ4n) is 3.13. The molecule has 2 N–H and O–H groups in total. The molecule has 0 atom stereocenters. The Morgan fingerprint density at radius 2 is 1.62 bits per heavy atom. The summed E-state index contributed by atoms with van der Waals surface area (Å²) >= 11 is 0. The van der Waals surface area contributed by atoms with Crippen molar-refractivity contribution in [3.05, 3.63) is 48.5 Å². The highest BCUT2D eigenvalue weighted by Gasteiger charge is 2.14. The molecule has 3 heteroatoms. The van der Waals surface area contributed by atoms with Crippen molar-refractivity contribution in [3.8, 4) is 5.75 Å². The Hall–Kier alpha value is -2.81. The fourth-order valence-corrected chi connectivity index (χ4v) is 3.13. The third kappa shape index (κ3) is 1.64. The van der Waals surface area contributed by atoms with Gasteiger partial charge in [0.25, 0.3) is 0 Å². The average molecular weight is 275 g/mol. The third-order valence-corrected chi connectivity index (χ3v) is 3.91. The molecular weight excluding hydrogens is 262 g/mol. The summed E-state index contributed by atoms with van der Waals surface area (Å²) in [5, 5.41) is 19.1. The van der Waals surface area contributed by atoms with E-state index in [4.69, 9.17) is 0 Å². The zero-order chi connectivity index (χ0) is 14.6. The van der Waals surface area contributed by atoms with E-state index < -0.39 is 0 Å². The van der Waals surface area contributed by atoms with Crippen molar-refractivity contribution >= 4 is 43.9 Å². The third-order valence-electron chi connectivity index (χ3n) is 3.91. The predicted octanol–water partition coefficient (Wildman–Crippen LogP) is 4.25. The molecule has 0 bridgehead atoms. The highest BCUT2D eigenvalue weighted by Crippen LogP contribution is 2.41. The molecule has 0 saturated carbocycles. The van der Waals surface area contributed by atoms with E-state index in [1.54, 1.807) is 6.07 Å². The van der Waals surface area contributed by atoms with Crippen molar-refractivity contribution in [2.24, 2.45) is 0 Å². The first kappa shape index (κ1) is 12.0. The van der Waals surface area contributed by atoms with Crippen LogP contribution in [0.25, 0.3) is 32.3 Å². The van der Waals surface area contributed by atoms with Gasteiger partial charge in [-0.1, -0.05) is 36.4 Å². The number of aromatic hydroxyl groups is 1. The van der Waals surface area contributed by atoms with Gasteiger partial charge in [0.2, 0.25) is 5.91 Å². The van der Waals surface area contributed by atoms with E-state index in [0.29, 0.717) is 0 Å². The predicted molar refractivity (Wildman–Crippen MR) is 86.1 cm³/mol. The monoisotopic (exact) mass is 275 g/mol. The van der Waals surface area contributed by atoms with E-state index in [9.17, 15) is 9.90 Å². The van der Waals surface area contributed by atoms with Gasteiger partial charge in [0.15, 0.2) is 0 Å². The van der Waals surface area contributed by atoms with E-state index >= 15 is 0 Å². The minimum absolute atomic E-state index is 0.103. The maximum Gasteiger partial charge on any atom is 0.221 e. The van der Waals surface area contributed by atoms with Gasteiger partial charge in [0.1, 0.15) is 5.75 Å². The van der Waals surface area contributed by atoms with Gasteiger partial charge in [0.05, 0.1) is 0 Å². The smallest absolute Gasteiger partial charge is 0.221 e. The molecule has 0 spiro atoms. The quantitative estimate of drug-likeness (QED) is 0.510. The number of hydrogen-bond donors (Lipinski definition) is 2. The van der Waals surface area contributed by atoms with Gasteiger partial charge in [-0.2, -0.15) is 0 Å². The molecule has 0 aliphatic rings. The van der Waals surface area contributed by atoms with Crippen molar-refractivity contribution in [3.63, 3.8) is 0 Å². The lowest BCUT2D eigenvalue weighted by Gasteiger charge is -2.15.